The van der Waals surface area contributed by atoms with Crippen molar-refractivity contribution in [2.45, 2.75) is 16.9 Å². The fourth-order valence-corrected chi connectivity index (χ4v) is 2.32. The van der Waals surface area contributed by atoms with E-state index in [-0.39, 0.29) is 6.04 Å². The zero-order chi connectivity index (χ0) is 9.97. The van der Waals surface area contributed by atoms with Gasteiger partial charge in [-0.2, -0.15) is 0 Å². The van der Waals surface area contributed by atoms with Crippen LogP contribution in [0.1, 0.15) is 11.5 Å². The largest absolute Gasteiger partial charge is 0.326 e. The molecule has 3 heteroatoms. The van der Waals surface area contributed by atoms with Crippen molar-refractivity contribution in [2.75, 3.05) is 19.3 Å². The van der Waals surface area contributed by atoms with Crippen LogP contribution in [-0.2, 0) is 0 Å². The van der Waals surface area contributed by atoms with E-state index in [4.69, 9.17) is 5.73 Å². The van der Waals surface area contributed by atoms with Crippen LogP contribution in [0, 0.1) is 0 Å². The van der Waals surface area contributed by atoms with Gasteiger partial charge in [-0.3, -0.25) is 0 Å². The summed E-state index contributed by atoms with van der Waals surface area (Å²) < 4.78 is 0. The molecule has 1 fully saturated rings. The fraction of sp³-hybridized carbons (Fsp3) is 0.455. The maximum atomic E-state index is 6.01. The van der Waals surface area contributed by atoms with E-state index in [1.807, 2.05) is 0 Å². The highest BCUT2D eigenvalue weighted by molar-refractivity contribution is 7.98. The molecule has 1 aliphatic rings. The average Bonchev–Trinajstić information content (AvgIpc) is 2.65. The van der Waals surface area contributed by atoms with E-state index in [1.165, 1.54) is 10.5 Å². The first kappa shape index (κ1) is 10.0. The van der Waals surface area contributed by atoms with Gasteiger partial charge in [0.05, 0.1) is 0 Å². The number of hydrogen-bond acceptors (Lipinski definition) is 3. The molecule has 1 aromatic carbocycles. The SMILES string of the molecule is CSc1ccc(C2CNCC2N)cc1. The van der Waals surface area contributed by atoms with Crippen LogP contribution in [0.3, 0.4) is 0 Å². The summed E-state index contributed by atoms with van der Waals surface area (Å²) in [5, 5.41) is 3.32. The highest BCUT2D eigenvalue weighted by Gasteiger charge is 2.24. The molecule has 1 saturated heterocycles. The molecule has 0 radical (unpaired) electrons. The second-order valence-electron chi connectivity index (χ2n) is 3.70. The van der Waals surface area contributed by atoms with Crippen molar-refractivity contribution >= 4 is 11.8 Å². The molecule has 2 nitrogen and oxygen atoms in total. The molecule has 2 rings (SSSR count). The molecular formula is C11H16N2S. The van der Waals surface area contributed by atoms with E-state index in [2.05, 4.69) is 35.8 Å². The first-order valence-electron chi connectivity index (χ1n) is 4.91. The van der Waals surface area contributed by atoms with Gasteiger partial charge in [-0.1, -0.05) is 12.1 Å². The second kappa shape index (κ2) is 4.34. The molecule has 14 heavy (non-hydrogen) atoms. The van der Waals surface area contributed by atoms with Gasteiger partial charge in [0.2, 0.25) is 0 Å². The Kier molecular flexibility index (Phi) is 3.11. The van der Waals surface area contributed by atoms with E-state index in [9.17, 15) is 0 Å². The van der Waals surface area contributed by atoms with E-state index in [1.54, 1.807) is 11.8 Å². The third-order valence-corrected chi connectivity index (χ3v) is 3.55. The van der Waals surface area contributed by atoms with Crippen LogP contribution in [0.25, 0.3) is 0 Å². The summed E-state index contributed by atoms with van der Waals surface area (Å²) in [7, 11) is 0. The molecule has 0 aliphatic carbocycles. The highest BCUT2D eigenvalue weighted by atomic mass is 32.2. The monoisotopic (exact) mass is 208 g/mol. The second-order valence-corrected chi connectivity index (χ2v) is 4.58. The summed E-state index contributed by atoms with van der Waals surface area (Å²) in [4.78, 5) is 1.31. The minimum absolute atomic E-state index is 0.273. The molecule has 1 heterocycles. The topological polar surface area (TPSA) is 38.0 Å². The molecule has 0 saturated carbocycles. The van der Waals surface area contributed by atoms with Crippen LogP contribution in [0.2, 0.25) is 0 Å². The van der Waals surface area contributed by atoms with Gasteiger partial charge in [-0.05, 0) is 24.0 Å². The lowest BCUT2D eigenvalue weighted by atomic mass is 9.95. The van der Waals surface area contributed by atoms with Gasteiger partial charge in [0.1, 0.15) is 0 Å². The number of rotatable bonds is 2. The smallest absolute Gasteiger partial charge is 0.0247 e. The fourth-order valence-electron chi connectivity index (χ4n) is 1.92. The molecule has 1 aromatic rings. The standard InChI is InChI=1S/C11H16N2S/c1-14-9-4-2-8(3-5-9)10-6-13-7-11(10)12/h2-5,10-11,13H,6-7,12H2,1H3. The Hall–Kier alpha value is -0.510. The Balaban J connectivity index is 2.16. The van der Waals surface area contributed by atoms with Crippen LogP contribution in [0.5, 0.6) is 0 Å². The van der Waals surface area contributed by atoms with Crippen molar-refractivity contribution < 1.29 is 0 Å². The van der Waals surface area contributed by atoms with Crippen molar-refractivity contribution in [3.05, 3.63) is 29.8 Å². The predicted octanol–water partition coefficient (Wildman–Crippen LogP) is 1.42. The van der Waals surface area contributed by atoms with Crippen molar-refractivity contribution in [1.29, 1.82) is 0 Å². The molecule has 0 bridgehead atoms. The van der Waals surface area contributed by atoms with Crippen molar-refractivity contribution in [3.63, 3.8) is 0 Å². The summed E-state index contributed by atoms with van der Waals surface area (Å²) >= 11 is 1.77. The molecule has 0 amide bonds. The Morgan fingerprint density at radius 1 is 1.29 bits per heavy atom. The summed E-state index contributed by atoms with van der Waals surface area (Å²) in [6, 6.07) is 9.01. The first-order chi connectivity index (χ1) is 6.81. The van der Waals surface area contributed by atoms with Crippen LogP contribution < -0.4 is 11.1 Å². The Morgan fingerprint density at radius 2 is 2.00 bits per heavy atom. The lowest BCUT2D eigenvalue weighted by molar-refractivity contribution is 0.653. The van der Waals surface area contributed by atoms with Crippen LogP contribution in [0.15, 0.2) is 29.2 Å². The van der Waals surface area contributed by atoms with E-state index >= 15 is 0 Å². The Labute approximate surface area is 89.3 Å². The van der Waals surface area contributed by atoms with Crippen LogP contribution in [0.4, 0.5) is 0 Å². The molecule has 1 aliphatic heterocycles. The lowest BCUT2D eigenvalue weighted by Crippen LogP contribution is -2.27. The molecule has 3 N–H and O–H groups in total. The normalized spacial score (nSPS) is 26.7. The third-order valence-electron chi connectivity index (χ3n) is 2.81. The molecule has 0 aromatic heterocycles. The number of benzene rings is 1. The molecule has 0 spiro atoms. The van der Waals surface area contributed by atoms with Crippen molar-refractivity contribution in [3.8, 4) is 0 Å². The van der Waals surface area contributed by atoms with E-state index in [0.29, 0.717) is 5.92 Å². The molecule has 76 valence electrons. The zero-order valence-electron chi connectivity index (χ0n) is 8.36. The third kappa shape index (κ3) is 1.95. The first-order valence-corrected chi connectivity index (χ1v) is 6.14. The number of nitrogens with two attached hydrogens (primary N) is 1. The summed E-state index contributed by atoms with van der Waals surface area (Å²) in [5.41, 5.74) is 7.38. The van der Waals surface area contributed by atoms with Crippen molar-refractivity contribution in [2.24, 2.45) is 5.73 Å². The van der Waals surface area contributed by atoms with Gasteiger partial charge >= 0.3 is 0 Å². The van der Waals surface area contributed by atoms with Gasteiger partial charge in [0, 0.05) is 29.9 Å². The van der Waals surface area contributed by atoms with Crippen molar-refractivity contribution in [1.82, 2.24) is 5.32 Å². The number of hydrogen-bond donors (Lipinski definition) is 2. The number of thioether (sulfide) groups is 1. The van der Waals surface area contributed by atoms with E-state index in [0.717, 1.165) is 13.1 Å². The summed E-state index contributed by atoms with van der Waals surface area (Å²) in [5.74, 6) is 0.492. The van der Waals surface area contributed by atoms with Gasteiger partial charge in [-0.25, -0.2) is 0 Å². The molecule has 2 unspecified atom stereocenters. The Morgan fingerprint density at radius 3 is 2.50 bits per heavy atom. The minimum Gasteiger partial charge on any atom is -0.326 e. The van der Waals surface area contributed by atoms with E-state index < -0.39 is 0 Å². The zero-order valence-corrected chi connectivity index (χ0v) is 9.18. The van der Waals surface area contributed by atoms with Crippen LogP contribution >= 0.6 is 11.8 Å². The maximum Gasteiger partial charge on any atom is 0.0247 e. The summed E-state index contributed by atoms with van der Waals surface area (Å²) in [6.07, 6.45) is 2.10. The van der Waals surface area contributed by atoms with Gasteiger partial charge in [0.25, 0.3) is 0 Å². The van der Waals surface area contributed by atoms with Gasteiger partial charge in [0.15, 0.2) is 0 Å². The molecular weight excluding hydrogens is 192 g/mol. The maximum absolute atomic E-state index is 6.01. The quantitative estimate of drug-likeness (QED) is 0.722. The van der Waals surface area contributed by atoms with Gasteiger partial charge in [-0.15, -0.1) is 11.8 Å². The summed E-state index contributed by atoms with van der Waals surface area (Å²) in [6.45, 7) is 1.95. The molecule has 2 atom stereocenters. The van der Waals surface area contributed by atoms with Gasteiger partial charge < -0.3 is 11.1 Å². The Bertz CT molecular complexity index is 297. The van der Waals surface area contributed by atoms with Crippen LogP contribution in [-0.4, -0.2) is 25.4 Å². The lowest BCUT2D eigenvalue weighted by Gasteiger charge is -2.14. The highest BCUT2D eigenvalue weighted by Crippen LogP contribution is 2.24. The predicted molar refractivity (Wildman–Crippen MR) is 61.8 cm³/mol. The number of nitrogens with one attached hydrogen (secondary N) is 1. The average molecular weight is 208 g/mol. The minimum atomic E-state index is 0.273.